The molecule has 3 nitrogen and oxygen atoms in total. The zero-order valence-electron chi connectivity index (χ0n) is 12.1. The van der Waals surface area contributed by atoms with Crippen molar-refractivity contribution < 1.29 is 9.47 Å². The molecule has 0 saturated carbocycles. The molecule has 0 aliphatic rings. The molecule has 0 radical (unpaired) electrons. The van der Waals surface area contributed by atoms with Crippen molar-refractivity contribution in [2.45, 2.75) is 26.3 Å². The number of methoxy groups -OCH3 is 1. The molecule has 0 heterocycles. The Kier molecular flexibility index (Phi) is 7.82. The van der Waals surface area contributed by atoms with E-state index in [9.17, 15) is 0 Å². The van der Waals surface area contributed by atoms with Crippen molar-refractivity contribution in [2.75, 3.05) is 20.3 Å². The minimum atomic E-state index is 0.189. The van der Waals surface area contributed by atoms with Crippen LogP contribution in [0.5, 0.6) is 11.5 Å². The monoisotopic (exact) mass is 317 g/mol. The average Bonchev–Trinajstić information content (AvgIpc) is 2.49. The van der Waals surface area contributed by atoms with E-state index < -0.39 is 0 Å². The van der Waals surface area contributed by atoms with Crippen LogP contribution in [-0.2, 0) is 0 Å². The Hall–Kier alpha value is -0.900. The number of hydrogen-bond donors (Lipinski definition) is 1. The summed E-state index contributed by atoms with van der Waals surface area (Å²) in [6.45, 7) is 5.43. The Morgan fingerprint density at radius 1 is 1.45 bits per heavy atom. The van der Waals surface area contributed by atoms with Gasteiger partial charge in [-0.05, 0) is 26.0 Å². The minimum absolute atomic E-state index is 0.189. The summed E-state index contributed by atoms with van der Waals surface area (Å²) in [5.74, 6) is 1.49. The van der Waals surface area contributed by atoms with Crippen LogP contribution in [0, 0.1) is 0 Å². The lowest BCUT2D eigenvalue weighted by Gasteiger charge is -2.19. The topological polar surface area (TPSA) is 30.5 Å². The van der Waals surface area contributed by atoms with Crippen LogP contribution in [0.4, 0.5) is 0 Å². The highest BCUT2D eigenvalue weighted by Gasteiger charge is 2.12. The second-order valence-electron chi connectivity index (χ2n) is 4.42. The summed E-state index contributed by atoms with van der Waals surface area (Å²) >= 11 is 11.4. The van der Waals surface area contributed by atoms with Crippen LogP contribution >= 0.6 is 23.2 Å². The first-order chi connectivity index (χ1) is 9.62. The molecule has 0 aliphatic heterocycles. The molecule has 1 rings (SSSR count). The van der Waals surface area contributed by atoms with Crippen LogP contribution in [0.1, 0.15) is 31.9 Å². The van der Waals surface area contributed by atoms with Gasteiger partial charge in [-0.25, -0.2) is 0 Å². The van der Waals surface area contributed by atoms with Crippen LogP contribution in [0.3, 0.4) is 0 Å². The van der Waals surface area contributed by atoms with Gasteiger partial charge in [0.15, 0.2) is 0 Å². The van der Waals surface area contributed by atoms with E-state index in [-0.39, 0.29) is 12.6 Å². The SMILES string of the molecule is CCCNC(C)c1ccc(OC)cc1OC/C(Cl)=C/Cl. The molecule has 112 valence electrons. The lowest BCUT2D eigenvalue weighted by atomic mass is 10.1. The number of halogens is 2. The second-order valence-corrected chi connectivity index (χ2v) is 5.13. The van der Waals surface area contributed by atoms with Crippen LogP contribution in [-0.4, -0.2) is 20.3 Å². The summed E-state index contributed by atoms with van der Waals surface area (Å²) in [6, 6.07) is 5.97. The van der Waals surface area contributed by atoms with Crippen molar-refractivity contribution in [1.29, 1.82) is 0 Å². The van der Waals surface area contributed by atoms with E-state index in [2.05, 4.69) is 19.2 Å². The molecule has 0 aliphatic carbocycles. The highest BCUT2D eigenvalue weighted by atomic mass is 35.5. The molecule has 1 N–H and O–H groups in total. The van der Waals surface area contributed by atoms with Gasteiger partial charge >= 0.3 is 0 Å². The van der Waals surface area contributed by atoms with Gasteiger partial charge in [-0.15, -0.1) is 0 Å². The Morgan fingerprint density at radius 2 is 2.20 bits per heavy atom. The quantitative estimate of drug-likeness (QED) is 0.768. The molecule has 1 aromatic rings. The highest BCUT2D eigenvalue weighted by Crippen LogP contribution is 2.30. The third kappa shape index (κ3) is 5.23. The van der Waals surface area contributed by atoms with Gasteiger partial charge in [0, 0.05) is 23.2 Å². The Bertz CT molecular complexity index is 449. The first-order valence-electron chi connectivity index (χ1n) is 6.61. The summed E-state index contributed by atoms with van der Waals surface area (Å²) in [5.41, 5.74) is 2.37. The molecule has 0 saturated heterocycles. The summed E-state index contributed by atoms with van der Waals surface area (Å²) in [7, 11) is 1.63. The molecule has 20 heavy (non-hydrogen) atoms. The largest absolute Gasteiger partial charge is 0.497 e. The fourth-order valence-corrected chi connectivity index (χ4v) is 1.89. The van der Waals surface area contributed by atoms with Crippen LogP contribution < -0.4 is 14.8 Å². The molecule has 0 amide bonds. The maximum absolute atomic E-state index is 5.86. The molecule has 0 spiro atoms. The first-order valence-corrected chi connectivity index (χ1v) is 7.42. The van der Waals surface area contributed by atoms with Crippen LogP contribution in [0.2, 0.25) is 0 Å². The van der Waals surface area contributed by atoms with E-state index in [1.165, 1.54) is 5.54 Å². The van der Waals surface area contributed by atoms with Crippen molar-refractivity contribution in [3.05, 3.63) is 34.3 Å². The van der Waals surface area contributed by atoms with Gasteiger partial charge in [-0.3, -0.25) is 0 Å². The van der Waals surface area contributed by atoms with E-state index in [1.54, 1.807) is 7.11 Å². The standard InChI is InChI=1S/C15H21Cl2NO2/c1-4-7-18-11(2)14-6-5-13(19-3)8-15(14)20-10-12(17)9-16/h5-6,8-9,11,18H,4,7,10H2,1-3H3/b12-9-. The van der Waals surface area contributed by atoms with Gasteiger partial charge in [0.25, 0.3) is 0 Å². The molecule has 5 heteroatoms. The van der Waals surface area contributed by atoms with E-state index in [1.807, 2.05) is 18.2 Å². The van der Waals surface area contributed by atoms with Crippen LogP contribution in [0.25, 0.3) is 0 Å². The summed E-state index contributed by atoms with van der Waals surface area (Å²) in [4.78, 5) is 0. The van der Waals surface area contributed by atoms with Crippen molar-refractivity contribution in [3.63, 3.8) is 0 Å². The maximum atomic E-state index is 5.86. The number of nitrogens with one attached hydrogen (secondary N) is 1. The van der Waals surface area contributed by atoms with Crippen molar-refractivity contribution in [2.24, 2.45) is 0 Å². The molecular formula is C15H21Cl2NO2. The molecule has 0 aromatic heterocycles. The summed E-state index contributed by atoms with van der Waals surface area (Å²) < 4.78 is 11.0. The van der Waals surface area contributed by atoms with Crippen molar-refractivity contribution in [3.8, 4) is 11.5 Å². The fourth-order valence-electron chi connectivity index (χ4n) is 1.77. The molecule has 1 aromatic carbocycles. The predicted molar refractivity (Wildman–Crippen MR) is 85.0 cm³/mol. The number of benzene rings is 1. The van der Waals surface area contributed by atoms with E-state index in [4.69, 9.17) is 32.7 Å². The molecule has 0 fully saturated rings. The Morgan fingerprint density at radius 3 is 2.80 bits per heavy atom. The van der Waals surface area contributed by atoms with Gasteiger partial charge in [0.1, 0.15) is 18.1 Å². The predicted octanol–water partition coefficient (Wildman–Crippen LogP) is 4.45. The van der Waals surface area contributed by atoms with Crippen molar-refractivity contribution in [1.82, 2.24) is 5.32 Å². The summed E-state index contributed by atoms with van der Waals surface area (Å²) in [5, 5.41) is 3.89. The number of hydrogen-bond acceptors (Lipinski definition) is 3. The lowest BCUT2D eigenvalue weighted by molar-refractivity contribution is 0.345. The summed E-state index contributed by atoms with van der Waals surface area (Å²) in [6.07, 6.45) is 1.08. The maximum Gasteiger partial charge on any atom is 0.128 e. The first kappa shape index (κ1) is 17.2. The molecular weight excluding hydrogens is 297 g/mol. The van der Waals surface area contributed by atoms with E-state index >= 15 is 0 Å². The second kappa shape index (κ2) is 9.11. The molecule has 1 unspecified atom stereocenters. The third-order valence-corrected chi connectivity index (χ3v) is 3.47. The Balaban J connectivity index is 2.91. The highest BCUT2D eigenvalue weighted by molar-refractivity contribution is 6.36. The van der Waals surface area contributed by atoms with Gasteiger partial charge in [0.05, 0.1) is 12.1 Å². The third-order valence-electron chi connectivity index (χ3n) is 2.87. The van der Waals surface area contributed by atoms with Gasteiger partial charge in [0.2, 0.25) is 0 Å². The number of ether oxygens (including phenoxy) is 2. The van der Waals surface area contributed by atoms with Crippen LogP contribution in [0.15, 0.2) is 28.8 Å². The average molecular weight is 318 g/mol. The van der Waals surface area contributed by atoms with Gasteiger partial charge < -0.3 is 14.8 Å². The molecule has 1 atom stereocenters. The van der Waals surface area contributed by atoms with E-state index in [0.29, 0.717) is 5.03 Å². The lowest BCUT2D eigenvalue weighted by Crippen LogP contribution is -2.20. The van der Waals surface area contributed by atoms with Gasteiger partial charge in [-0.2, -0.15) is 0 Å². The zero-order valence-corrected chi connectivity index (χ0v) is 13.6. The smallest absolute Gasteiger partial charge is 0.128 e. The fraction of sp³-hybridized carbons (Fsp3) is 0.467. The Labute approximate surface area is 130 Å². The number of rotatable bonds is 8. The van der Waals surface area contributed by atoms with Gasteiger partial charge in [-0.1, -0.05) is 36.2 Å². The van der Waals surface area contributed by atoms with Crippen molar-refractivity contribution >= 4 is 23.2 Å². The van der Waals surface area contributed by atoms with E-state index in [0.717, 1.165) is 30.0 Å². The minimum Gasteiger partial charge on any atom is -0.497 e. The zero-order chi connectivity index (χ0) is 15.0. The normalized spacial score (nSPS) is 13.2. The molecule has 0 bridgehead atoms.